The van der Waals surface area contributed by atoms with Crippen molar-refractivity contribution < 1.29 is 18.3 Å². The number of carbonyl (C=O) groups is 1. The van der Waals surface area contributed by atoms with Crippen molar-refractivity contribution in [3.05, 3.63) is 70.3 Å². The average molecular weight is 283 g/mol. The van der Waals surface area contributed by atoms with Gasteiger partial charge in [0, 0.05) is 17.2 Å². The van der Waals surface area contributed by atoms with Gasteiger partial charge < -0.3 is 4.74 Å². The van der Waals surface area contributed by atoms with Crippen LogP contribution in [0.3, 0.4) is 0 Å². The summed E-state index contributed by atoms with van der Waals surface area (Å²) < 4.78 is 32.1. The summed E-state index contributed by atoms with van der Waals surface area (Å²) in [5.74, 6) is -2.12. The number of hydrogen-bond acceptors (Lipinski definition) is 3. The van der Waals surface area contributed by atoms with Crippen molar-refractivity contribution in [1.82, 2.24) is 0 Å². The van der Waals surface area contributed by atoms with Crippen LogP contribution in [0.4, 0.5) is 8.78 Å². The molecule has 2 aromatic rings. The topological polar surface area (TPSA) is 50.1 Å². The second-order valence-corrected chi connectivity index (χ2v) is 4.41. The van der Waals surface area contributed by atoms with Gasteiger partial charge in [0.15, 0.2) is 0 Å². The summed E-state index contributed by atoms with van der Waals surface area (Å²) >= 11 is 0. The van der Waals surface area contributed by atoms with E-state index in [4.69, 9.17) is 10.00 Å². The molecular weight excluding hydrogens is 276 g/mol. The minimum absolute atomic E-state index is 0.0209. The quantitative estimate of drug-likeness (QED) is 0.752. The first kappa shape index (κ1) is 13.0. The minimum Gasteiger partial charge on any atom is -0.422 e. The molecule has 0 N–H and O–H groups in total. The lowest BCUT2D eigenvalue weighted by atomic mass is 10.0. The smallest absolute Gasteiger partial charge is 0.344 e. The van der Waals surface area contributed by atoms with E-state index < -0.39 is 17.6 Å². The molecule has 0 aliphatic carbocycles. The predicted molar refractivity (Wildman–Crippen MR) is 70.8 cm³/mol. The van der Waals surface area contributed by atoms with Gasteiger partial charge in [-0.05, 0) is 18.2 Å². The van der Waals surface area contributed by atoms with Crippen LogP contribution in [0, 0.1) is 23.0 Å². The third-order valence-corrected chi connectivity index (χ3v) is 3.11. The molecule has 0 fully saturated rings. The number of cyclic esters (lactones) is 1. The number of ether oxygens (including phenoxy) is 1. The lowest BCUT2D eigenvalue weighted by molar-refractivity contribution is 0.0717. The Kier molecular flexibility index (Phi) is 2.99. The molecule has 0 atom stereocenters. The van der Waals surface area contributed by atoms with Crippen LogP contribution in [-0.2, 0) is 4.74 Å². The van der Waals surface area contributed by atoms with Gasteiger partial charge in [-0.1, -0.05) is 18.2 Å². The first-order valence-corrected chi connectivity index (χ1v) is 6.02. The number of hydrogen-bond donors (Lipinski definition) is 0. The molecule has 3 nitrogen and oxygen atoms in total. The summed E-state index contributed by atoms with van der Waals surface area (Å²) in [7, 11) is 0. The SMILES string of the molecule is N#Cc1cc(C=C2OC(=O)c3ccccc32)c(F)cc1F. The zero-order valence-corrected chi connectivity index (χ0v) is 10.6. The molecule has 0 radical (unpaired) electrons. The van der Waals surface area contributed by atoms with E-state index >= 15 is 0 Å². The molecule has 102 valence electrons. The number of esters is 1. The molecule has 2 aromatic carbocycles. The Morgan fingerprint density at radius 1 is 1.10 bits per heavy atom. The number of nitriles is 1. The van der Waals surface area contributed by atoms with Gasteiger partial charge in [0.25, 0.3) is 0 Å². The van der Waals surface area contributed by atoms with Gasteiger partial charge >= 0.3 is 5.97 Å². The van der Waals surface area contributed by atoms with Crippen LogP contribution in [0.1, 0.15) is 27.0 Å². The maximum atomic E-state index is 13.8. The number of halogens is 2. The highest BCUT2D eigenvalue weighted by molar-refractivity contribution is 6.05. The highest BCUT2D eigenvalue weighted by Gasteiger charge is 2.26. The number of nitrogens with zero attached hydrogens (tertiary/aromatic N) is 1. The standard InChI is InChI=1S/C16H7F2NO2/c17-13-7-14(18)10(8-19)5-9(13)6-15-11-3-1-2-4-12(11)16(20)21-15/h1-7H. The van der Waals surface area contributed by atoms with Crippen LogP contribution in [0.2, 0.25) is 0 Å². The van der Waals surface area contributed by atoms with Crippen LogP contribution >= 0.6 is 0 Å². The largest absolute Gasteiger partial charge is 0.422 e. The first-order valence-electron chi connectivity index (χ1n) is 6.02. The second-order valence-electron chi connectivity index (χ2n) is 4.41. The molecule has 21 heavy (non-hydrogen) atoms. The number of rotatable bonds is 1. The molecule has 0 aromatic heterocycles. The summed E-state index contributed by atoms with van der Waals surface area (Å²) in [4.78, 5) is 11.7. The van der Waals surface area contributed by atoms with Crippen LogP contribution in [-0.4, -0.2) is 5.97 Å². The molecule has 3 rings (SSSR count). The van der Waals surface area contributed by atoms with Crippen molar-refractivity contribution >= 4 is 17.8 Å². The van der Waals surface area contributed by atoms with Gasteiger partial charge in [0.1, 0.15) is 23.5 Å². The minimum atomic E-state index is -0.930. The maximum absolute atomic E-state index is 13.8. The summed E-state index contributed by atoms with van der Waals surface area (Å²) in [6.07, 6.45) is 1.28. The van der Waals surface area contributed by atoms with Crippen molar-refractivity contribution in [2.24, 2.45) is 0 Å². The average Bonchev–Trinajstić information content (AvgIpc) is 2.79. The van der Waals surface area contributed by atoms with E-state index in [2.05, 4.69) is 0 Å². The van der Waals surface area contributed by atoms with E-state index in [1.807, 2.05) is 0 Å². The molecule has 1 heterocycles. The number of benzene rings is 2. The van der Waals surface area contributed by atoms with Crippen LogP contribution in [0.15, 0.2) is 36.4 Å². The lowest BCUT2D eigenvalue weighted by Gasteiger charge is -2.02. The molecule has 5 heteroatoms. The Morgan fingerprint density at radius 3 is 2.52 bits per heavy atom. The van der Waals surface area contributed by atoms with Gasteiger partial charge in [-0.3, -0.25) is 0 Å². The molecule has 1 aliphatic heterocycles. The Balaban J connectivity index is 2.13. The molecule has 0 amide bonds. The monoisotopic (exact) mass is 283 g/mol. The van der Waals surface area contributed by atoms with Crippen molar-refractivity contribution in [1.29, 1.82) is 5.26 Å². The van der Waals surface area contributed by atoms with Crippen LogP contribution < -0.4 is 0 Å². The van der Waals surface area contributed by atoms with E-state index in [9.17, 15) is 13.6 Å². The first-order chi connectivity index (χ1) is 10.1. The number of carbonyl (C=O) groups excluding carboxylic acids is 1. The molecule has 0 bridgehead atoms. The molecular formula is C16H7F2NO2. The van der Waals surface area contributed by atoms with Gasteiger partial charge in [-0.15, -0.1) is 0 Å². The molecule has 1 aliphatic rings. The van der Waals surface area contributed by atoms with E-state index in [-0.39, 0.29) is 16.9 Å². The highest BCUT2D eigenvalue weighted by atomic mass is 19.1. The Bertz CT molecular complexity index is 835. The summed E-state index contributed by atoms with van der Waals surface area (Å²) in [6.45, 7) is 0. The van der Waals surface area contributed by atoms with Crippen LogP contribution in [0.5, 0.6) is 0 Å². The second kappa shape index (κ2) is 4.84. The van der Waals surface area contributed by atoms with Crippen molar-refractivity contribution in [2.75, 3.05) is 0 Å². The molecule has 0 saturated heterocycles. The summed E-state index contributed by atoms with van der Waals surface area (Å²) in [5.41, 5.74) is 0.616. The van der Waals surface area contributed by atoms with E-state index in [0.29, 0.717) is 17.2 Å². The maximum Gasteiger partial charge on any atom is 0.344 e. The fraction of sp³-hybridized carbons (Fsp3) is 0. The lowest BCUT2D eigenvalue weighted by Crippen LogP contribution is -1.93. The fourth-order valence-corrected chi connectivity index (χ4v) is 2.10. The molecule has 0 spiro atoms. The Hall–Kier alpha value is -3.00. The van der Waals surface area contributed by atoms with Crippen LogP contribution in [0.25, 0.3) is 11.8 Å². The van der Waals surface area contributed by atoms with Crippen molar-refractivity contribution in [3.63, 3.8) is 0 Å². The third kappa shape index (κ3) is 2.17. The van der Waals surface area contributed by atoms with E-state index in [1.165, 1.54) is 6.08 Å². The molecule has 0 saturated carbocycles. The summed E-state index contributed by atoms with van der Waals surface area (Å²) in [5, 5.41) is 8.78. The van der Waals surface area contributed by atoms with Gasteiger partial charge in [0.05, 0.1) is 11.1 Å². The van der Waals surface area contributed by atoms with Gasteiger partial charge in [-0.25, -0.2) is 13.6 Å². The fourth-order valence-electron chi connectivity index (χ4n) is 2.10. The van der Waals surface area contributed by atoms with Crippen molar-refractivity contribution in [2.45, 2.75) is 0 Å². The van der Waals surface area contributed by atoms with E-state index in [1.54, 1.807) is 30.3 Å². The Labute approximate surface area is 118 Å². The molecule has 0 unspecified atom stereocenters. The summed E-state index contributed by atoms with van der Waals surface area (Å²) in [6, 6.07) is 10.0. The normalized spacial score (nSPS) is 14.7. The zero-order valence-electron chi connectivity index (χ0n) is 10.6. The van der Waals surface area contributed by atoms with E-state index in [0.717, 1.165) is 6.07 Å². The van der Waals surface area contributed by atoms with Gasteiger partial charge in [-0.2, -0.15) is 5.26 Å². The van der Waals surface area contributed by atoms with Crippen molar-refractivity contribution in [3.8, 4) is 6.07 Å². The van der Waals surface area contributed by atoms with Gasteiger partial charge in [0.2, 0.25) is 0 Å². The highest BCUT2D eigenvalue weighted by Crippen LogP contribution is 2.31. The predicted octanol–water partition coefficient (Wildman–Crippen LogP) is 3.50. The zero-order chi connectivity index (χ0) is 15.0. The number of fused-ring (bicyclic) bond motifs is 1. The third-order valence-electron chi connectivity index (χ3n) is 3.11. The Morgan fingerprint density at radius 2 is 1.81 bits per heavy atom.